The minimum atomic E-state index is -0.796. The zero-order valence-corrected chi connectivity index (χ0v) is 17.7. The van der Waals surface area contributed by atoms with E-state index >= 15 is 0 Å². The number of piperazine rings is 1. The summed E-state index contributed by atoms with van der Waals surface area (Å²) in [7, 11) is 0. The number of carbonyl (C=O) groups is 2. The minimum absolute atomic E-state index is 0.261. The lowest BCUT2D eigenvalue weighted by Crippen LogP contribution is -2.47. The molecule has 0 spiro atoms. The van der Waals surface area contributed by atoms with E-state index < -0.39 is 17.6 Å². The average Bonchev–Trinajstić information content (AvgIpc) is 2.74. The van der Waals surface area contributed by atoms with Crippen LogP contribution in [0.25, 0.3) is 0 Å². The van der Waals surface area contributed by atoms with Crippen molar-refractivity contribution in [3.63, 3.8) is 0 Å². The molecule has 0 radical (unpaired) electrons. The van der Waals surface area contributed by atoms with Crippen LogP contribution >= 0.6 is 11.6 Å². The number of nitrogens with zero attached hydrogens (tertiary/aromatic N) is 2. The fraction of sp³-hybridized carbons (Fsp3) is 0.364. The number of hydrogen-bond donors (Lipinski definition) is 2. The van der Waals surface area contributed by atoms with Crippen molar-refractivity contribution in [1.82, 2.24) is 10.2 Å². The molecule has 1 saturated heterocycles. The van der Waals surface area contributed by atoms with Gasteiger partial charge in [-0.2, -0.15) is 0 Å². The highest BCUT2D eigenvalue weighted by Crippen LogP contribution is 2.19. The van der Waals surface area contributed by atoms with Crippen LogP contribution in [0, 0.1) is 12.7 Å². The maximum absolute atomic E-state index is 13.5. The third-order valence-electron chi connectivity index (χ3n) is 5.14. The van der Waals surface area contributed by atoms with Crippen LogP contribution in [0.4, 0.5) is 15.8 Å². The lowest BCUT2D eigenvalue weighted by molar-refractivity contribution is -0.136. The lowest BCUT2D eigenvalue weighted by atomic mass is 10.2. The Morgan fingerprint density at radius 3 is 2.40 bits per heavy atom. The molecule has 2 aromatic rings. The molecule has 1 aliphatic heterocycles. The maximum Gasteiger partial charge on any atom is 0.313 e. The van der Waals surface area contributed by atoms with Crippen molar-refractivity contribution in [3.8, 4) is 0 Å². The molecular formula is C22H26ClFN4O2. The lowest BCUT2D eigenvalue weighted by Gasteiger charge is -2.36. The maximum atomic E-state index is 13.5. The third kappa shape index (κ3) is 6.18. The van der Waals surface area contributed by atoms with Gasteiger partial charge in [0.2, 0.25) is 0 Å². The molecular weight excluding hydrogens is 407 g/mol. The first kappa shape index (κ1) is 22.1. The van der Waals surface area contributed by atoms with E-state index in [0.29, 0.717) is 12.1 Å². The Morgan fingerprint density at radius 1 is 1.03 bits per heavy atom. The van der Waals surface area contributed by atoms with Gasteiger partial charge in [0, 0.05) is 49.1 Å². The first-order valence-corrected chi connectivity index (χ1v) is 10.4. The summed E-state index contributed by atoms with van der Waals surface area (Å²) in [6.45, 7) is 6.63. The van der Waals surface area contributed by atoms with Crippen molar-refractivity contribution in [2.24, 2.45) is 0 Å². The van der Waals surface area contributed by atoms with Crippen molar-refractivity contribution in [2.45, 2.75) is 13.3 Å². The quantitative estimate of drug-likeness (QED) is 0.544. The highest BCUT2D eigenvalue weighted by molar-refractivity contribution is 6.39. The number of halogens is 2. The van der Waals surface area contributed by atoms with Crippen LogP contribution in [0.3, 0.4) is 0 Å². The molecule has 1 aliphatic rings. The highest BCUT2D eigenvalue weighted by Gasteiger charge is 2.17. The summed E-state index contributed by atoms with van der Waals surface area (Å²) in [6.07, 6.45) is 0.749. The molecule has 3 rings (SSSR count). The Bertz CT molecular complexity index is 883. The zero-order chi connectivity index (χ0) is 21.5. The Hall–Kier alpha value is -2.64. The van der Waals surface area contributed by atoms with Crippen molar-refractivity contribution in [2.75, 3.05) is 49.5 Å². The van der Waals surface area contributed by atoms with Gasteiger partial charge in [-0.1, -0.05) is 17.7 Å². The molecule has 1 fully saturated rings. The van der Waals surface area contributed by atoms with Gasteiger partial charge in [-0.05, 0) is 61.9 Å². The van der Waals surface area contributed by atoms with E-state index in [1.165, 1.54) is 11.8 Å². The SMILES string of the molecule is Cc1ccc(NC(=O)C(=O)NCCCN2CCN(c3ccc(Cl)cc3)CC2)cc1F. The molecule has 0 unspecified atom stereocenters. The van der Waals surface area contributed by atoms with Crippen LogP contribution in [-0.4, -0.2) is 56.0 Å². The zero-order valence-electron chi connectivity index (χ0n) is 17.0. The molecule has 0 aliphatic carbocycles. The summed E-state index contributed by atoms with van der Waals surface area (Å²) in [4.78, 5) is 28.5. The standard InChI is InChI=1S/C22H26ClFN4O2/c1-16-3-6-18(15-20(16)24)26-22(30)21(29)25-9-2-10-27-11-13-28(14-12-27)19-7-4-17(23)5-8-19/h3-8,15H,2,9-14H2,1H3,(H,25,29)(H,26,30). The van der Waals surface area contributed by atoms with Crippen LogP contribution in [0.1, 0.15) is 12.0 Å². The van der Waals surface area contributed by atoms with Crippen LogP contribution in [0.2, 0.25) is 5.02 Å². The van der Waals surface area contributed by atoms with E-state index in [0.717, 1.165) is 44.2 Å². The molecule has 1 heterocycles. The van der Waals surface area contributed by atoms with Gasteiger partial charge in [-0.3, -0.25) is 14.5 Å². The van der Waals surface area contributed by atoms with E-state index in [1.54, 1.807) is 19.1 Å². The Kier molecular flexibility index (Phi) is 7.65. The van der Waals surface area contributed by atoms with E-state index in [-0.39, 0.29) is 5.69 Å². The second-order valence-corrected chi connectivity index (χ2v) is 7.77. The fourth-order valence-electron chi connectivity index (χ4n) is 3.32. The predicted molar refractivity (Wildman–Crippen MR) is 117 cm³/mol. The smallest absolute Gasteiger partial charge is 0.313 e. The van der Waals surface area contributed by atoms with Crippen LogP contribution in [0.5, 0.6) is 0 Å². The van der Waals surface area contributed by atoms with E-state index in [1.807, 2.05) is 24.3 Å². The molecule has 160 valence electrons. The second kappa shape index (κ2) is 10.4. The topological polar surface area (TPSA) is 64.7 Å². The summed E-state index contributed by atoms with van der Waals surface area (Å²) in [5, 5.41) is 5.76. The monoisotopic (exact) mass is 432 g/mol. The first-order chi connectivity index (χ1) is 14.4. The fourth-order valence-corrected chi connectivity index (χ4v) is 3.45. The van der Waals surface area contributed by atoms with Gasteiger partial charge in [-0.15, -0.1) is 0 Å². The van der Waals surface area contributed by atoms with Crippen LogP contribution in [-0.2, 0) is 9.59 Å². The number of amides is 2. The third-order valence-corrected chi connectivity index (χ3v) is 5.39. The first-order valence-electron chi connectivity index (χ1n) is 10.0. The second-order valence-electron chi connectivity index (χ2n) is 7.33. The number of aryl methyl sites for hydroxylation is 1. The largest absolute Gasteiger partial charge is 0.369 e. The normalized spacial score (nSPS) is 14.4. The summed E-state index contributed by atoms with van der Waals surface area (Å²) in [5.74, 6) is -1.94. The van der Waals surface area contributed by atoms with E-state index in [2.05, 4.69) is 20.4 Å². The number of carbonyl (C=O) groups excluding carboxylic acids is 2. The molecule has 2 N–H and O–H groups in total. The van der Waals surface area contributed by atoms with Gasteiger partial charge in [0.05, 0.1) is 0 Å². The van der Waals surface area contributed by atoms with Crippen molar-refractivity contribution in [1.29, 1.82) is 0 Å². The Balaban J connectivity index is 1.33. The van der Waals surface area contributed by atoms with Gasteiger partial charge in [0.1, 0.15) is 5.82 Å². The molecule has 8 heteroatoms. The van der Waals surface area contributed by atoms with E-state index in [9.17, 15) is 14.0 Å². The predicted octanol–water partition coefficient (Wildman–Crippen LogP) is 3.05. The van der Waals surface area contributed by atoms with Gasteiger partial charge in [0.15, 0.2) is 0 Å². The number of anilines is 2. The molecule has 2 aromatic carbocycles. The van der Waals surface area contributed by atoms with Crippen LogP contribution < -0.4 is 15.5 Å². The molecule has 6 nitrogen and oxygen atoms in total. The van der Waals surface area contributed by atoms with Gasteiger partial charge < -0.3 is 15.5 Å². The van der Waals surface area contributed by atoms with Crippen LogP contribution in [0.15, 0.2) is 42.5 Å². The number of rotatable bonds is 6. The van der Waals surface area contributed by atoms with Gasteiger partial charge in [-0.25, -0.2) is 4.39 Å². The molecule has 0 aromatic heterocycles. The highest BCUT2D eigenvalue weighted by atomic mass is 35.5. The molecule has 2 amide bonds. The number of nitrogens with one attached hydrogen (secondary N) is 2. The van der Waals surface area contributed by atoms with E-state index in [4.69, 9.17) is 11.6 Å². The number of benzene rings is 2. The van der Waals surface area contributed by atoms with Crippen molar-refractivity contribution < 1.29 is 14.0 Å². The average molecular weight is 433 g/mol. The molecule has 0 saturated carbocycles. The molecule has 0 atom stereocenters. The van der Waals surface area contributed by atoms with Gasteiger partial charge in [0.25, 0.3) is 0 Å². The van der Waals surface area contributed by atoms with Gasteiger partial charge >= 0.3 is 11.8 Å². The number of hydrogen-bond acceptors (Lipinski definition) is 4. The summed E-state index contributed by atoms with van der Waals surface area (Å²) in [5.41, 5.74) is 1.91. The molecule has 0 bridgehead atoms. The minimum Gasteiger partial charge on any atom is -0.369 e. The summed E-state index contributed by atoms with van der Waals surface area (Å²) < 4.78 is 13.5. The summed E-state index contributed by atoms with van der Waals surface area (Å²) >= 11 is 5.94. The molecule has 30 heavy (non-hydrogen) atoms. The Labute approximate surface area is 181 Å². The summed E-state index contributed by atoms with van der Waals surface area (Å²) in [6, 6.07) is 12.2. The van der Waals surface area contributed by atoms with Crippen molar-refractivity contribution >= 4 is 34.8 Å². The Morgan fingerprint density at radius 2 is 1.73 bits per heavy atom. The van der Waals surface area contributed by atoms with Crippen molar-refractivity contribution in [3.05, 3.63) is 58.9 Å².